The summed E-state index contributed by atoms with van der Waals surface area (Å²) in [4.78, 5) is 8.74. The summed E-state index contributed by atoms with van der Waals surface area (Å²) in [6.45, 7) is 2.07. The van der Waals surface area contributed by atoms with Crippen LogP contribution < -0.4 is 11.1 Å². The monoisotopic (exact) mass is 240 g/mol. The average molecular weight is 240 g/mol. The van der Waals surface area contributed by atoms with Gasteiger partial charge in [0.15, 0.2) is 0 Å². The fourth-order valence-corrected chi connectivity index (χ4v) is 1.89. The number of anilines is 2. The molecule has 18 heavy (non-hydrogen) atoms. The third-order valence-electron chi connectivity index (χ3n) is 2.97. The molecular formula is C14H16N4. The molecule has 1 aliphatic carbocycles. The molecule has 3 N–H and O–H groups in total. The van der Waals surface area contributed by atoms with Gasteiger partial charge in [-0.05, 0) is 25.8 Å². The normalized spacial score (nSPS) is 14.5. The minimum atomic E-state index is 0.504. The van der Waals surface area contributed by atoms with Crippen molar-refractivity contribution in [3.8, 4) is 11.3 Å². The van der Waals surface area contributed by atoms with Crippen molar-refractivity contribution in [2.75, 3.05) is 11.1 Å². The molecule has 4 nitrogen and oxygen atoms in total. The van der Waals surface area contributed by atoms with Crippen LogP contribution in [0.1, 0.15) is 18.4 Å². The van der Waals surface area contributed by atoms with Gasteiger partial charge in [0, 0.05) is 17.7 Å². The summed E-state index contributed by atoms with van der Waals surface area (Å²) in [6, 6.07) is 10.6. The summed E-state index contributed by atoms with van der Waals surface area (Å²) in [5.41, 5.74) is 8.99. The number of nitrogens with one attached hydrogen (secondary N) is 1. The topological polar surface area (TPSA) is 63.8 Å². The summed E-state index contributed by atoms with van der Waals surface area (Å²) in [5.74, 6) is 1.14. The average Bonchev–Trinajstić information content (AvgIpc) is 3.12. The van der Waals surface area contributed by atoms with Crippen LogP contribution in [0, 0.1) is 6.92 Å². The Kier molecular flexibility index (Phi) is 2.63. The molecule has 0 aliphatic heterocycles. The standard InChI is InChI=1S/C14H16N4/c1-9-3-2-4-10(7-9)12-8-13(15)18-14(17-12)16-11-5-6-11/h2-4,7-8,11H,5-6H2,1H3,(H3,15,16,17,18). The van der Waals surface area contributed by atoms with Gasteiger partial charge in [0.05, 0.1) is 5.69 Å². The van der Waals surface area contributed by atoms with E-state index < -0.39 is 0 Å². The summed E-state index contributed by atoms with van der Waals surface area (Å²) in [7, 11) is 0. The maximum Gasteiger partial charge on any atom is 0.225 e. The first-order valence-corrected chi connectivity index (χ1v) is 6.19. The quantitative estimate of drug-likeness (QED) is 0.865. The number of rotatable bonds is 3. The Morgan fingerprint density at radius 3 is 2.78 bits per heavy atom. The number of nitrogens with two attached hydrogens (primary N) is 1. The largest absolute Gasteiger partial charge is 0.384 e. The van der Waals surface area contributed by atoms with Crippen molar-refractivity contribution in [3.05, 3.63) is 35.9 Å². The molecule has 0 amide bonds. The Hall–Kier alpha value is -2.10. The molecule has 0 radical (unpaired) electrons. The molecule has 4 heteroatoms. The highest BCUT2D eigenvalue weighted by atomic mass is 15.1. The Labute approximate surface area is 106 Å². The van der Waals surface area contributed by atoms with Crippen molar-refractivity contribution in [2.45, 2.75) is 25.8 Å². The van der Waals surface area contributed by atoms with Gasteiger partial charge in [0.25, 0.3) is 0 Å². The third-order valence-corrected chi connectivity index (χ3v) is 2.97. The zero-order valence-electron chi connectivity index (χ0n) is 10.4. The van der Waals surface area contributed by atoms with Crippen LogP contribution in [0.2, 0.25) is 0 Å². The number of aryl methyl sites for hydroxylation is 1. The molecule has 1 aromatic heterocycles. The van der Waals surface area contributed by atoms with Crippen LogP contribution >= 0.6 is 0 Å². The van der Waals surface area contributed by atoms with E-state index in [-0.39, 0.29) is 0 Å². The third kappa shape index (κ3) is 2.42. The van der Waals surface area contributed by atoms with Crippen LogP contribution in [-0.2, 0) is 0 Å². The minimum Gasteiger partial charge on any atom is -0.384 e. The highest BCUT2D eigenvalue weighted by Gasteiger charge is 2.22. The van der Waals surface area contributed by atoms with Crippen LogP contribution in [-0.4, -0.2) is 16.0 Å². The van der Waals surface area contributed by atoms with E-state index in [2.05, 4.69) is 34.3 Å². The van der Waals surface area contributed by atoms with Gasteiger partial charge < -0.3 is 11.1 Å². The van der Waals surface area contributed by atoms with Crippen molar-refractivity contribution in [1.29, 1.82) is 0 Å². The highest BCUT2D eigenvalue weighted by molar-refractivity contribution is 5.64. The first-order chi connectivity index (χ1) is 8.70. The second-order valence-corrected chi connectivity index (χ2v) is 4.79. The van der Waals surface area contributed by atoms with Crippen molar-refractivity contribution >= 4 is 11.8 Å². The molecule has 0 bridgehead atoms. The zero-order chi connectivity index (χ0) is 12.5. The number of aromatic nitrogens is 2. The maximum atomic E-state index is 5.84. The molecule has 1 saturated carbocycles. The molecule has 1 fully saturated rings. The second kappa shape index (κ2) is 4.29. The summed E-state index contributed by atoms with van der Waals surface area (Å²) < 4.78 is 0. The molecule has 1 heterocycles. The lowest BCUT2D eigenvalue weighted by molar-refractivity contribution is 1.06. The number of nitrogen functional groups attached to an aromatic ring is 1. The Morgan fingerprint density at radius 1 is 1.22 bits per heavy atom. The second-order valence-electron chi connectivity index (χ2n) is 4.79. The van der Waals surface area contributed by atoms with Crippen LogP contribution in [0.25, 0.3) is 11.3 Å². The van der Waals surface area contributed by atoms with E-state index in [1.807, 2.05) is 18.2 Å². The molecule has 92 valence electrons. The molecule has 0 saturated heterocycles. The van der Waals surface area contributed by atoms with Gasteiger partial charge in [0.1, 0.15) is 5.82 Å². The molecule has 0 unspecified atom stereocenters. The van der Waals surface area contributed by atoms with Gasteiger partial charge in [0.2, 0.25) is 5.95 Å². The van der Waals surface area contributed by atoms with Gasteiger partial charge >= 0.3 is 0 Å². The SMILES string of the molecule is Cc1cccc(-c2cc(N)nc(NC3CC3)n2)c1. The molecule has 0 spiro atoms. The molecule has 1 aliphatic rings. The van der Waals surface area contributed by atoms with E-state index >= 15 is 0 Å². The van der Waals surface area contributed by atoms with Gasteiger partial charge in [-0.2, -0.15) is 4.98 Å². The molecule has 3 rings (SSSR count). The van der Waals surface area contributed by atoms with Crippen LogP contribution in [0.4, 0.5) is 11.8 Å². The predicted octanol–water partition coefficient (Wildman–Crippen LogP) is 2.61. The molecule has 0 atom stereocenters. The number of nitrogens with zero attached hydrogens (tertiary/aromatic N) is 2. The van der Waals surface area contributed by atoms with Crippen LogP contribution in [0.3, 0.4) is 0 Å². The van der Waals surface area contributed by atoms with E-state index in [9.17, 15) is 0 Å². The molecule has 1 aromatic carbocycles. The van der Waals surface area contributed by atoms with E-state index in [0.717, 1.165) is 11.3 Å². The lowest BCUT2D eigenvalue weighted by atomic mass is 10.1. The van der Waals surface area contributed by atoms with Crippen LogP contribution in [0.5, 0.6) is 0 Å². The first-order valence-electron chi connectivity index (χ1n) is 6.19. The Balaban J connectivity index is 1.97. The van der Waals surface area contributed by atoms with E-state index in [4.69, 9.17) is 5.73 Å². The molecule has 2 aromatic rings. The van der Waals surface area contributed by atoms with E-state index in [0.29, 0.717) is 17.8 Å². The number of benzene rings is 1. The van der Waals surface area contributed by atoms with Crippen LogP contribution in [0.15, 0.2) is 30.3 Å². The Bertz CT molecular complexity index is 576. The van der Waals surface area contributed by atoms with Crippen molar-refractivity contribution in [2.24, 2.45) is 0 Å². The zero-order valence-corrected chi connectivity index (χ0v) is 10.4. The summed E-state index contributed by atoms with van der Waals surface area (Å²) >= 11 is 0. The Morgan fingerprint density at radius 2 is 2.06 bits per heavy atom. The number of hydrogen-bond acceptors (Lipinski definition) is 4. The fraction of sp³-hybridized carbons (Fsp3) is 0.286. The summed E-state index contributed by atoms with van der Waals surface area (Å²) in [6.07, 6.45) is 2.38. The smallest absolute Gasteiger partial charge is 0.225 e. The van der Waals surface area contributed by atoms with Crippen molar-refractivity contribution in [1.82, 2.24) is 9.97 Å². The van der Waals surface area contributed by atoms with E-state index in [1.165, 1.54) is 18.4 Å². The van der Waals surface area contributed by atoms with Crippen molar-refractivity contribution in [3.63, 3.8) is 0 Å². The lowest BCUT2D eigenvalue weighted by Gasteiger charge is -2.07. The van der Waals surface area contributed by atoms with E-state index in [1.54, 1.807) is 0 Å². The summed E-state index contributed by atoms with van der Waals surface area (Å²) in [5, 5.41) is 3.28. The fourth-order valence-electron chi connectivity index (χ4n) is 1.89. The first kappa shape index (κ1) is 11.0. The number of hydrogen-bond donors (Lipinski definition) is 2. The maximum absolute atomic E-state index is 5.84. The van der Waals surface area contributed by atoms with Crippen molar-refractivity contribution < 1.29 is 0 Å². The lowest BCUT2D eigenvalue weighted by Crippen LogP contribution is -2.07. The van der Waals surface area contributed by atoms with Gasteiger partial charge in [-0.1, -0.05) is 23.8 Å². The van der Waals surface area contributed by atoms with Gasteiger partial charge in [-0.25, -0.2) is 4.98 Å². The predicted molar refractivity (Wildman–Crippen MR) is 73.3 cm³/mol. The minimum absolute atomic E-state index is 0.504. The highest BCUT2D eigenvalue weighted by Crippen LogP contribution is 2.25. The van der Waals surface area contributed by atoms with Gasteiger partial charge in [-0.15, -0.1) is 0 Å². The molecular weight excluding hydrogens is 224 g/mol. The van der Waals surface area contributed by atoms with Gasteiger partial charge in [-0.3, -0.25) is 0 Å².